The summed E-state index contributed by atoms with van der Waals surface area (Å²) in [5.41, 5.74) is 8.16. The van der Waals surface area contributed by atoms with Gasteiger partial charge in [-0.25, -0.2) is 4.98 Å². The molecule has 88 valence electrons. The lowest BCUT2D eigenvalue weighted by Crippen LogP contribution is -2.02. The van der Waals surface area contributed by atoms with Gasteiger partial charge in [0.1, 0.15) is 6.61 Å². The monoisotopic (exact) mass is 248 g/mol. The third-order valence-corrected chi connectivity index (χ3v) is 2.74. The Kier molecular flexibility index (Phi) is 3.49. The minimum absolute atomic E-state index is 0.321. The van der Waals surface area contributed by atoms with Gasteiger partial charge in [-0.3, -0.25) is 0 Å². The van der Waals surface area contributed by atoms with Crippen LogP contribution < -0.4 is 10.5 Å². The van der Waals surface area contributed by atoms with Crippen molar-refractivity contribution in [2.75, 3.05) is 5.73 Å². The molecule has 0 saturated heterocycles. The maximum Gasteiger partial charge on any atom is 0.213 e. The van der Waals surface area contributed by atoms with E-state index in [9.17, 15) is 0 Å². The van der Waals surface area contributed by atoms with Gasteiger partial charge in [0.2, 0.25) is 5.88 Å². The van der Waals surface area contributed by atoms with Crippen molar-refractivity contribution in [2.24, 2.45) is 0 Å². The first-order chi connectivity index (χ1) is 8.16. The molecule has 2 aromatic rings. The third kappa shape index (κ3) is 2.88. The first-order valence-electron chi connectivity index (χ1n) is 5.26. The van der Waals surface area contributed by atoms with E-state index in [4.69, 9.17) is 22.1 Å². The van der Waals surface area contributed by atoms with Gasteiger partial charge >= 0.3 is 0 Å². The summed E-state index contributed by atoms with van der Waals surface area (Å²) < 4.78 is 5.56. The maximum atomic E-state index is 6.05. The Bertz CT molecular complexity index is 508. The third-order valence-electron chi connectivity index (χ3n) is 2.38. The number of aromatic nitrogens is 1. The summed E-state index contributed by atoms with van der Waals surface area (Å²) in [5, 5.41) is 0.609. The van der Waals surface area contributed by atoms with Crippen molar-refractivity contribution >= 4 is 17.3 Å². The summed E-state index contributed by atoms with van der Waals surface area (Å²) in [7, 11) is 0. The zero-order valence-corrected chi connectivity index (χ0v) is 10.2. The lowest BCUT2D eigenvalue weighted by atomic mass is 10.2. The largest absolute Gasteiger partial charge is 0.473 e. The number of benzene rings is 1. The van der Waals surface area contributed by atoms with Gasteiger partial charge in [0.05, 0.1) is 0 Å². The highest BCUT2D eigenvalue weighted by atomic mass is 35.5. The molecule has 0 bridgehead atoms. The van der Waals surface area contributed by atoms with Crippen LogP contribution >= 0.6 is 11.6 Å². The minimum atomic E-state index is 0.321. The van der Waals surface area contributed by atoms with Gasteiger partial charge < -0.3 is 10.5 Å². The van der Waals surface area contributed by atoms with Crippen LogP contribution in [-0.2, 0) is 6.61 Å². The Morgan fingerprint density at radius 1 is 1.24 bits per heavy atom. The second kappa shape index (κ2) is 5.06. The van der Waals surface area contributed by atoms with Crippen molar-refractivity contribution in [3.8, 4) is 5.88 Å². The predicted octanol–water partition coefficient (Wildman–Crippen LogP) is 3.20. The molecule has 0 spiro atoms. The van der Waals surface area contributed by atoms with Crippen LogP contribution in [0.5, 0.6) is 5.88 Å². The van der Waals surface area contributed by atoms with Crippen LogP contribution in [0.2, 0.25) is 5.02 Å². The number of halogens is 1. The molecule has 0 aliphatic heterocycles. The number of nitrogen functional groups attached to an aromatic ring is 1. The van der Waals surface area contributed by atoms with E-state index in [0.29, 0.717) is 23.2 Å². The molecule has 17 heavy (non-hydrogen) atoms. The Morgan fingerprint density at radius 3 is 2.71 bits per heavy atom. The second-order valence-corrected chi connectivity index (χ2v) is 4.12. The van der Waals surface area contributed by atoms with E-state index < -0.39 is 0 Å². The summed E-state index contributed by atoms with van der Waals surface area (Å²) in [6.07, 6.45) is 0. The molecule has 1 aromatic heterocycles. The standard InChI is InChI=1S/C13H13ClN2O/c1-9-4-2-7-13(16-9)17-8-10-11(14)5-3-6-12(10)15/h2-7H,8,15H2,1H3. The van der Waals surface area contributed by atoms with Crippen molar-refractivity contribution in [1.82, 2.24) is 4.98 Å². The number of pyridine rings is 1. The van der Waals surface area contributed by atoms with Gasteiger partial charge in [0.25, 0.3) is 0 Å². The fourth-order valence-corrected chi connectivity index (χ4v) is 1.71. The number of hydrogen-bond donors (Lipinski definition) is 1. The lowest BCUT2D eigenvalue weighted by Gasteiger charge is -2.09. The predicted molar refractivity (Wildman–Crippen MR) is 69.2 cm³/mol. The van der Waals surface area contributed by atoms with Crippen molar-refractivity contribution in [3.05, 3.63) is 52.7 Å². The summed E-state index contributed by atoms with van der Waals surface area (Å²) in [6, 6.07) is 11.0. The number of hydrogen-bond acceptors (Lipinski definition) is 3. The zero-order chi connectivity index (χ0) is 12.3. The molecule has 0 aliphatic rings. The molecule has 1 aromatic carbocycles. The quantitative estimate of drug-likeness (QED) is 0.849. The van der Waals surface area contributed by atoms with Gasteiger partial charge in [0.15, 0.2) is 0 Å². The normalized spacial score (nSPS) is 10.2. The molecule has 3 nitrogen and oxygen atoms in total. The number of rotatable bonds is 3. The van der Waals surface area contributed by atoms with Gasteiger partial charge in [-0.15, -0.1) is 0 Å². The van der Waals surface area contributed by atoms with Crippen molar-refractivity contribution in [3.63, 3.8) is 0 Å². The zero-order valence-electron chi connectivity index (χ0n) is 9.48. The van der Waals surface area contributed by atoms with E-state index in [0.717, 1.165) is 11.3 Å². The molecule has 0 saturated carbocycles. The van der Waals surface area contributed by atoms with Crippen LogP contribution in [0.25, 0.3) is 0 Å². The Balaban J connectivity index is 2.13. The Morgan fingerprint density at radius 2 is 2.00 bits per heavy atom. The molecule has 2 rings (SSSR count). The number of aryl methyl sites for hydroxylation is 1. The van der Waals surface area contributed by atoms with Gasteiger partial charge in [-0.1, -0.05) is 23.7 Å². The fourth-order valence-electron chi connectivity index (χ4n) is 1.47. The van der Waals surface area contributed by atoms with Crippen molar-refractivity contribution in [1.29, 1.82) is 0 Å². The Hall–Kier alpha value is -1.74. The van der Waals surface area contributed by atoms with E-state index in [1.807, 2.05) is 25.1 Å². The topological polar surface area (TPSA) is 48.1 Å². The summed E-state index contributed by atoms with van der Waals surface area (Å²) in [4.78, 5) is 4.24. The molecular formula is C13H13ClN2O. The summed E-state index contributed by atoms with van der Waals surface area (Å²) >= 11 is 6.05. The molecule has 0 unspecified atom stereocenters. The van der Waals surface area contributed by atoms with E-state index >= 15 is 0 Å². The van der Waals surface area contributed by atoms with Crippen LogP contribution in [0.3, 0.4) is 0 Å². The van der Waals surface area contributed by atoms with Crippen LogP contribution in [0.1, 0.15) is 11.3 Å². The molecule has 2 N–H and O–H groups in total. The summed E-state index contributed by atoms with van der Waals surface area (Å²) in [5.74, 6) is 0.573. The van der Waals surface area contributed by atoms with Crippen molar-refractivity contribution in [2.45, 2.75) is 13.5 Å². The second-order valence-electron chi connectivity index (χ2n) is 3.71. The Labute approximate surface area is 105 Å². The van der Waals surface area contributed by atoms with E-state index in [1.165, 1.54) is 0 Å². The molecule has 0 radical (unpaired) electrons. The maximum absolute atomic E-state index is 6.05. The number of nitrogens with zero attached hydrogens (tertiary/aromatic N) is 1. The highest BCUT2D eigenvalue weighted by molar-refractivity contribution is 6.31. The molecule has 0 atom stereocenters. The molecule has 1 heterocycles. The van der Waals surface area contributed by atoms with Gasteiger partial charge in [-0.05, 0) is 25.1 Å². The van der Waals surface area contributed by atoms with Gasteiger partial charge in [-0.2, -0.15) is 0 Å². The highest BCUT2D eigenvalue weighted by Crippen LogP contribution is 2.23. The number of anilines is 1. The SMILES string of the molecule is Cc1cccc(OCc2c(N)cccc2Cl)n1. The smallest absolute Gasteiger partial charge is 0.213 e. The molecule has 0 aliphatic carbocycles. The first-order valence-corrected chi connectivity index (χ1v) is 5.64. The van der Waals surface area contributed by atoms with E-state index in [2.05, 4.69) is 4.98 Å². The van der Waals surface area contributed by atoms with Crippen LogP contribution in [0.15, 0.2) is 36.4 Å². The minimum Gasteiger partial charge on any atom is -0.473 e. The van der Waals surface area contributed by atoms with E-state index in [1.54, 1.807) is 18.2 Å². The van der Waals surface area contributed by atoms with Gasteiger partial charge in [0, 0.05) is 28.0 Å². The number of ether oxygens (including phenoxy) is 1. The summed E-state index contributed by atoms with van der Waals surface area (Å²) in [6.45, 7) is 2.23. The first kappa shape index (κ1) is 11.7. The highest BCUT2D eigenvalue weighted by Gasteiger charge is 2.05. The van der Waals surface area contributed by atoms with Crippen LogP contribution in [0, 0.1) is 6.92 Å². The average molecular weight is 249 g/mol. The molecular weight excluding hydrogens is 236 g/mol. The van der Waals surface area contributed by atoms with Crippen molar-refractivity contribution < 1.29 is 4.74 Å². The fraction of sp³-hybridized carbons (Fsp3) is 0.154. The van der Waals surface area contributed by atoms with Crippen LogP contribution in [-0.4, -0.2) is 4.98 Å². The number of nitrogens with two attached hydrogens (primary N) is 1. The molecule has 0 amide bonds. The average Bonchev–Trinajstić information content (AvgIpc) is 2.28. The van der Waals surface area contributed by atoms with Crippen LogP contribution in [0.4, 0.5) is 5.69 Å². The molecule has 0 fully saturated rings. The van der Waals surface area contributed by atoms with E-state index in [-0.39, 0.29) is 0 Å². The molecule has 4 heteroatoms. The lowest BCUT2D eigenvalue weighted by molar-refractivity contribution is 0.294.